The average Bonchev–Trinajstić information content (AvgIpc) is 2.48. The standard InChI is InChI=1S/C15H17N3O/c1-2-4-12-11(3-1)14-13(9-16-12)17-10-15(18-14)5-7-19-8-6-15/h1-4,9,17-18H,5-8,10H2. The van der Waals surface area contributed by atoms with E-state index in [2.05, 4.69) is 33.8 Å². The molecule has 2 aliphatic rings. The first-order chi connectivity index (χ1) is 9.36. The molecule has 2 aliphatic heterocycles. The molecule has 98 valence electrons. The molecule has 3 heterocycles. The fraction of sp³-hybridized carbons (Fsp3) is 0.400. The van der Waals surface area contributed by atoms with E-state index in [-0.39, 0.29) is 5.54 Å². The first-order valence-corrected chi connectivity index (χ1v) is 6.84. The van der Waals surface area contributed by atoms with Gasteiger partial charge in [-0.25, -0.2) is 0 Å². The summed E-state index contributed by atoms with van der Waals surface area (Å²) in [6, 6.07) is 8.29. The Kier molecular flexibility index (Phi) is 2.38. The maximum atomic E-state index is 5.49. The summed E-state index contributed by atoms with van der Waals surface area (Å²) in [6.45, 7) is 2.63. The minimum absolute atomic E-state index is 0.134. The van der Waals surface area contributed by atoms with E-state index in [1.54, 1.807) is 0 Å². The average molecular weight is 255 g/mol. The first kappa shape index (κ1) is 11.1. The zero-order valence-electron chi connectivity index (χ0n) is 10.8. The Balaban J connectivity index is 1.82. The van der Waals surface area contributed by atoms with Crippen LogP contribution < -0.4 is 10.6 Å². The van der Waals surface area contributed by atoms with Gasteiger partial charge in [-0.3, -0.25) is 4.98 Å². The van der Waals surface area contributed by atoms with Crippen molar-refractivity contribution in [3.05, 3.63) is 30.5 Å². The van der Waals surface area contributed by atoms with Crippen LogP contribution in [0, 0.1) is 0 Å². The second-order valence-corrected chi connectivity index (χ2v) is 5.44. The summed E-state index contributed by atoms with van der Waals surface area (Å²) in [7, 11) is 0. The number of nitrogens with one attached hydrogen (secondary N) is 2. The maximum absolute atomic E-state index is 5.49. The van der Waals surface area contributed by atoms with E-state index < -0.39 is 0 Å². The third-order valence-corrected chi connectivity index (χ3v) is 4.23. The van der Waals surface area contributed by atoms with Gasteiger partial charge in [-0.1, -0.05) is 18.2 Å². The van der Waals surface area contributed by atoms with Gasteiger partial charge in [0, 0.05) is 25.1 Å². The van der Waals surface area contributed by atoms with Gasteiger partial charge >= 0.3 is 0 Å². The van der Waals surface area contributed by atoms with Gasteiger partial charge in [0.2, 0.25) is 0 Å². The Morgan fingerprint density at radius 3 is 2.89 bits per heavy atom. The number of hydrogen-bond donors (Lipinski definition) is 2. The Hall–Kier alpha value is -1.81. The Labute approximate surface area is 112 Å². The lowest BCUT2D eigenvalue weighted by molar-refractivity contribution is 0.0635. The number of pyridine rings is 1. The molecule has 1 aromatic carbocycles. The van der Waals surface area contributed by atoms with Gasteiger partial charge in [0.25, 0.3) is 0 Å². The highest BCUT2D eigenvalue weighted by Gasteiger charge is 2.36. The van der Waals surface area contributed by atoms with Crippen molar-refractivity contribution in [2.24, 2.45) is 0 Å². The fourth-order valence-corrected chi connectivity index (χ4v) is 3.05. The molecule has 0 bridgehead atoms. The highest BCUT2D eigenvalue weighted by molar-refractivity contribution is 5.98. The Morgan fingerprint density at radius 1 is 1.16 bits per heavy atom. The van der Waals surface area contributed by atoms with Crippen molar-refractivity contribution in [3.63, 3.8) is 0 Å². The maximum Gasteiger partial charge on any atom is 0.0770 e. The molecule has 19 heavy (non-hydrogen) atoms. The number of aromatic nitrogens is 1. The van der Waals surface area contributed by atoms with Gasteiger partial charge in [0.15, 0.2) is 0 Å². The molecule has 4 heteroatoms. The van der Waals surface area contributed by atoms with Crippen molar-refractivity contribution in [2.75, 3.05) is 30.4 Å². The van der Waals surface area contributed by atoms with E-state index >= 15 is 0 Å². The quantitative estimate of drug-likeness (QED) is 0.759. The zero-order valence-corrected chi connectivity index (χ0v) is 10.8. The molecule has 4 nitrogen and oxygen atoms in total. The van der Waals surface area contributed by atoms with Gasteiger partial charge < -0.3 is 15.4 Å². The number of fused-ring (bicyclic) bond motifs is 3. The predicted octanol–water partition coefficient (Wildman–Crippen LogP) is 2.62. The van der Waals surface area contributed by atoms with Gasteiger partial charge in [-0.2, -0.15) is 0 Å². The van der Waals surface area contributed by atoms with E-state index in [0.29, 0.717) is 0 Å². The number of para-hydroxylation sites is 1. The topological polar surface area (TPSA) is 46.2 Å². The molecular weight excluding hydrogens is 238 g/mol. The van der Waals surface area contributed by atoms with Crippen LogP contribution in [-0.2, 0) is 4.74 Å². The van der Waals surface area contributed by atoms with Crippen LogP contribution in [0.1, 0.15) is 12.8 Å². The van der Waals surface area contributed by atoms with Crippen LogP contribution in [0.4, 0.5) is 11.4 Å². The van der Waals surface area contributed by atoms with E-state index in [9.17, 15) is 0 Å². The summed E-state index contributed by atoms with van der Waals surface area (Å²) in [4.78, 5) is 4.50. The molecule has 1 aromatic heterocycles. The molecule has 0 amide bonds. The number of rotatable bonds is 0. The molecule has 0 unspecified atom stereocenters. The van der Waals surface area contributed by atoms with Crippen LogP contribution in [0.2, 0.25) is 0 Å². The molecule has 1 saturated heterocycles. The third-order valence-electron chi connectivity index (χ3n) is 4.23. The van der Waals surface area contributed by atoms with Crippen LogP contribution in [0.25, 0.3) is 10.9 Å². The van der Waals surface area contributed by atoms with E-state index in [0.717, 1.165) is 43.8 Å². The summed E-state index contributed by atoms with van der Waals surface area (Å²) in [5.74, 6) is 0. The lowest BCUT2D eigenvalue weighted by atomic mass is 9.87. The molecular formula is C15H17N3O. The van der Waals surface area contributed by atoms with Crippen LogP contribution in [-0.4, -0.2) is 30.3 Å². The van der Waals surface area contributed by atoms with Gasteiger partial charge in [-0.05, 0) is 18.9 Å². The molecule has 1 spiro atoms. The summed E-state index contributed by atoms with van der Waals surface area (Å²) in [5, 5.41) is 8.50. The molecule has 4 rings (SSSR count). The lowest BCUT2D eigenvalue weighted by Crippen LogP contribution is -2.51. The SMILES string of the molecule is c1ccc2c3c(cnc2c1)NCC1(CCOCC1)N3. The van der Waals surface area contributed by atoms with Crippen molar-refractivity contribution in [1.82, 2.24) is 4.98 Å². The first-order valence-electron chi connectivity index (χ1n) is 6.84. The van der Waals surface area contributed by atoms with E-state index in [1.165, 1.54) is 11.1 Å². The Bertz CT molecular complexity index is 620. The normalized spacial score (nSPS) is 20.6. The number of ether oxygens (including phenoxy) is 1. The summed E-state index contributed by atoms with van der Waals surface area (Å²) in [5.41, 5.74) is 3.48. The number of benzene rings is 1. The highest BCUT2D eigenvalue weighted by atomic mass is 16.5. The minimum Gasteiger partial charge on any atom is -0.381 e. The highest BCUT2D eigenvalue weighted by Crippen LogP contribution is 2.38. The fourth-order valence-electron chi connectivity index (χ4n) is 3.05. The number of anilines is 2. The second-order valence-electron chi connectivity index (χ2n) is 5.44. The molecule has 2 aromatic rings. The number of hydrogen-bond acceptors (Lipinski definition) is 4. The molecule has 1 fully saturated rings. The van der Waals surface area contributed by atoms with Gasteiger partial charge in [-0.15, -0.1) is 0 Å². The molecule has 0 radical (unpaired) electrons. The lowest BCUT2D eigenvalue weighted by Gasteiger charge is -2.43. The van der Waals surface area contributed by atoms with Crippen LogP contribution in [0.5, 0.6) is 0 Å². The summed E-state index contributed by atoms with van der Waals surface area (Å²) in [6.07, 6.45) is 4.03. The van der Waals surface area contributed by atoms with Crippen LogP contribution in [0.15, 0.2) is 30.5 Å². The van der Waals surface area contributed by atoms with Gasteiger partial charge in [0.1, 0.15) is 0 Å². The van der Waals surface area contributed by atoms with Crippen molar-refractivity contribution in [1.29, 1.82) is 0 Å². The third kappa shape index (κ3) is 1.75. The van der Waals surface area contributed by atoms with Crippen LogP contribution >= 0.6 is 0 Å². The molecule has 0 saturated carbocycles. The molecule has 2 N–H and O–H groups in total. The van der Waals surface area contributed by atoms with Crippen LogP contribution in [0.3, 0.4) is 0 Å². The zero-order chi connectivity index (χ0) is 12.7. The van der Waals surface area contributed by atoms with Crippen molar-refractivity contribution >= 4 is 22.3 Å². The summed E-state index contributed by atoms with van der Waals surface area (Å²) >= 11 is 0. The predicted molar refractivity (Wildman–Crippen MR) is 76.6 cm³/mol. The molecule has 0 aliphatic carbocycles. The van der Waals surface area contributed by atoms with Crippen molar-refractivity contribution in [3.8, 4) is 0 Å². The van der Waals surface area contributed by atoms with Crippen molar-refractivity contribution in [2.45, 2.75) is 18.4 Å². The second kappa shape index (κ2) is 4.10. The molecule has 0 atom stereocenters. The number of nitrogens with zero attached hydrogens (tertiary/aromatic N) is 1. The minimum atomic E-state index is 0.134. The largest absolute Gasteiger partial charge is 0.381 e. The monoisotopic (exact) mass is 255 g/mol. The van der Waals surface area contributed by atoms with E-state index in [1.807, 2.05) is 12.3 Å². The summed E-state index contributed by atoms with van der Waals surface area (Å²) < 4.78 is 5.49. The van der Waals surface area contributed by atoms with Crippen molar-refractivity contribution < 1.29 is 4.74 Å². The smallest absolute Gasteiger partial charge is 0.0770 e. The van der Waals surface area contributed by atoms with Gasteiger partial charge in [0.05, 0.1) is 28.6 Å². The Morgan fingerprint density at radius 2 is 2.00 bits per heavy atom. The van der Waals surface area contributed by atoms with E-state index in [4.69, 9.17) is 4.74 Å².